The van der Waals surface area contributed by atoms with Gasteiger partial charge in [-0.05, 0) is 31.3 Å². The van der Waals surface area contributed by atoms with Gasteiger partial charge in [0.15, 0.2) is 0 Å². The molecule has 1 aromatic carbocycles. The Hall–Kier alpha value is -2.56. The molecule has 0 aliphatic carbocycles. The Morgan fingerprint density at radius 2 is 1.56 bits per heavy atom. The summed E-state index contributed by atoms with van der Waals surface area (Å²) in [6.45, 7) is 6.65. The first-order valence-corrected chi connectivity index (χ1v) is 11.0. The number of carbonyl (C=O) groups is 3. The number of nitrogens with zero attached hydrogens (tertiary/aromatic N) is 4. The Morgan fingerprint density at radius 1 is 0.969 bits per heavy atom. The summed E-state index contributed by atoms with van der Waals surface area (Å²) in [7, 11) is 2.05. The summed E-state index contributed by atoms with van der Waals surface area (Å²) in [5.74, 6) is -2.54. The summed E-state index contributed by atoms with van der Waals surface area (Å²) < 4.78 is 13.0. The first-order chi connectivity index (χ1) is 15.3. The molecule has 1 aromatic rings. The molecule has 2 N–H and O–H groups in total. The fourth-order valence-corrected chi connectivity index (χ4v) is 3.99. The van der Waals surface area contributed by atoms with Crippen molar-refractivity contribution in [3.8, 4) is 0 Å². The Kier molecular flexibility index (Phi) is 8.54. The molecule has 2 fully saturated rings. The number of aliphatic carboxylic acids is 1. The Morgan fingerprint density at radius 3 is 2.16 bits per heavy atom. The van der Waals surface area contributed by atoms with Crippen molar-refractivity contribution in [3.63, 3.8) is 0 Å². The number of rotatable bonds is 8. The molecule has 1 atom stereocenters. The second-order valence-corrected chi connectivity index (χ2v) is 8.56. The van der Waals surface area contributed by atoms with Gasteiger partial charge in [0, 0.05) is 71.0 Å². The standard InChI is InChI=1S/C22H32FN5O4/c1-25-6-12-28(13-7-25)21(30)16-27-10-8-26(9-11-27)15-17(22(31)32)14-20(29)24-19-4-2-18(23)3-5-19/h2-5,17H,6-16H2,1H3,(H,24,29)(H,31,32)/t17-/m0/s1. The highest BCUT2D eigenvalue weighted by molar-refractivity contribution is 5.93. The number of anilines is 1. The Labute approximate surface area is 187 Å². The van der Waals surface area contributed by atoms with Crippen LogP contribution in [0.25, 0.3) is 0 Å². The first kappa shape index (κ1) is 24.1. The molecule has 9 nitrogen and oxygen atoms in total. The van der Waals surface area contributed by atoms with Crippen LogP contribution in [0.4, 0.5) is 10.1 Å². The summed E-state index contributed by atoms with van der Waals surface area (Å²) in [6, 6.07) is 5.34. The fraction of sp³-hybridized carbons (Fsp3) is 0.591. The van der Waals surface area contributed by atoms with Gasteiger partial charge in [0.05, 0.1) is 12.5 Å². The minimum Gasteiger partial charge on any atom is -0.481 e. The SMILES string of the molecule is CN1CCN(C(=O)CN2CCN(C[C@H](CC(=O)Nc3ccc(F)cc3)C(=O)O)CC2)CC1. The third-order valence-corrected chi connectivity index (χ3v) is 6.07. The molecule has 2 heterocycles. The molecule has 176 valence electrons. The molecule has 0 radical (unpaired) electrons. The smallest absolute Gasteiger partial charge is 0.308 e. The lowest BCUT2D eigenvalue weighted by Crippen LogP contribution is -2.53. The second kappa shape index (κ2) is 11.3. The maximum atomic E-state index is 13.0. The number of hydrogen-bond donors (Lipinski definition) is 2. The maximum Gasteiger partial charge on any atom is 0.308 e. The molecule has 2 aliphatic rings. The summed E-state index contributed by atoms with van der Waals surface area (Å²) in [6.07, 6.45) is -0.158. The molecule has 10 heteroatoms. The Bertz CT molecular complexity index is 790. The summed E-state index contributed by atoms with van der Waals surface area (Å²) in [4.78, 5) is 44.7. The average molecular weight is 450 g/mol. The van der Waals surface area contributed by atoms with Crippen molar-refractivity contribution in [1.29, 1.82) is 0 Å². The lowest BCUT2D eigenvalue weighted by molar-refractivity contribution is -0.144. The third kappa shape index (κ3) is 7.25. The molecular formula is C22H32FN5O4. The van der Waals surface area contributed by atoms with Gasteiger partial charge >= 0.3 is 5.97 Å². The van der Waals surface area contributed by atoms with Crippen molar-refractivity contribution in [2.75, 3.05) is 77.8 Å². The van der Waals surface area contributed by atoms with E-state index in [-0.39, 0.29) is 18.9 Å². The number of likely N-dealkylation sites (N-methyl/N-ethyl adjacent to an activating group) is 1. The molecule has 0 bridgehead atoms. The topological polar surface area (TPSA) is 96.4 Å². The zero-order valence-electron chi connectivity index (χ0n) is 18.5. The highest BCUT2D eigenvalue weighted by Crippen LogP contribution is 2.14. The van der Waals surface area contributed by atoms with E-state index in [2.05, 4.69) is 22.2 Å². The number of carboxylic acid groups (broad SMARTS) is 1. The summed E-state index contributed by atoms with van der Waals surface area (Å²) in [5, 5.41) is 12.2. The minimum absolute atomic E-state index is 0.146. The zero-order valence-corrected chi connectivity index (χ0v) is 18.5. The fourth-order valence-electron chi connectivity index (χ4n) is 3.99. The van der Waals surface area contributed by atoms with Crippen LogP contribution < -0.4 is 5.32 Å². The van der Waals surface area contributed by atoms with E-state index in [1.807, 2.05) is 9.80 Å². The predicted molar refractivity (Wildman–Crippen MR) is 118 cm³/mol. The van der Waals surface area contributed by atoms with Crippen LogP contribution in [0.3, 0.4) is 0 Å². The van der Waals surface area contributed by atoms with Crippen LogP contribution in [-0.4, -0.2) is 115 Å². The van der Waals surface area contributed by atoms with Gasteiger partial charge in [-0.1, -0.05) is 0 Å². The molecule has 3 rings (SSSR count). The Balaban J connectivity index is 1.41. The van der Waals surface area contributed by atoms with Crippen LogP contribution in [-0.2, 0) is 14.4 Å². The summed E-state index contributed by atoms with van der Waals surface area (Å²) >= 11 is 0. The van der Waals surface area contributed by atoms with Gasteiger partial charge in [-0.15, -0.1) is 0 Å². The number of nitrogens with one attached hydrogen (secondary N) is 1. The molecule has 0 saturated carbocycles. The lowest BCUT2D eigenvalue weighted by atomic mass is 10.0. The summed E-state index contributed by atoms with van der Waals surface area (Å²) in [5.41, 5.74) is 0.430. The molecule has 2 saturated heterocycles. The van der Waals surface area contributed by atoms with Crippen LogP contribution in [0.5, 0.6) is 0 Å². The van der Waals surface area contributed by atoms with E-state index in [1.54, 1.807) is 0 Å². The maximum absolute atomic E-state index is 13.0. The number of carbonyl (C=O) groups excluding carboxylic acids is 2. The highest BCUT2D eigenvalue weighted by Gasteiger charge is 2.28. The van der Waals surface area contributed by atoms with Gasteiger partial charge in [-0.25, -0.2) is 4.39 Å². The molecule has 2 aliphatic heterocycles. The lowest BCUT2D eigenvalue weighted by Gasteiger charge is -2.37. The van der Waals surface area contributed by atoms with Gasteiger partial charge in [-0.3, -0.25) is 24.2 Å². The quantitative estimate of drug-likeness (QED) is 0.587. The van der Waals surface area contributed by atoms with E-state index in [4.69, 9.17) is 0 Å². The molecule has 0 spiro atoms. The molecule has 0 aromatic heterocycles. The minimum atomic E-state index is -1.02. The number of halogens is 1. The van der Waals surface area contributed by atoms with E-state index in [1.165, 1.54) is 24.3 Å². The number of piperazine rings is 2. The molecule has 2 amide bonds. The average Bonchev–Trinajstić information content (AvgIpc) is 2.76. The monoisotopic (exact) mass is 449 g/mol. The highest BCUT2D eigenvalue weighted by atomic mass is 19.1. The zero-order chi connectivity index (χ0) is 23.1. The number of benzene rings is 1. The van der Waals surface area contributed by atoms with Crippen molar-refractivity contribution >= 4 is 23.5 Å². The van der Waals surface area contributed by atoms with E-state index in [9.17, 15) is 23.9 Å². The van der Waals surface area contributed by atoms with Crippen LogP contribution in [0, 0.1) is 11.7 Å². The number of hydrogen-bond acceptors (Lipinski definition) is 6. The van der Waals surface area contributed by atoms with Gasteiger partial charge in [0.25, 0.3) is 0 Å². The van der Waals surface area contributed by atoms with Crippen molar-refractivity contribution in [1.82, 2.24) is 19.6 Å². The van der Waals surface area contributed by atoms with Gasteiger partial charge < -0.3 is 20.2 Å². The molecular weight excluding hydrogens is 417 g/mol. The van der Waals surface area contributed by atoms with E-state index >= 15 is 0 Å². The second-order valence-electron chi connectivity index (χ2n) is 8.56. The van der Waals surface area contributed by atoms with Crippen molar-refractivity contribution in [2.24, 2.45) is 5.92 Å². The van der Waals surface area contributed by atoms with Crippen molar-refractivity contribution in [3.05, 3.63) is 30.1 Å². The normalized spacial score (nSPS) is 19.5. The van der Waals surface area contributed by atoms with E-state index < -0.39 is 23.6 Å². The van der Waals surface area contributed by atoms with Crippen molar-refractivity contribution < 1.29 is 23.9 Å². The van der Waals surface area contributed by atoms with Crippen LogP contribution in [0.1, 0.15) is 6.42 Å². The largest absolute Gasteiger partial charge is 0.481 e. The number of amides is 2. The van der Waals surface area contributed by atoms with Gasteiger partial charge in [0.1, 0.15) is 5.82 Å². The van der Waals surface area contributed by atoms with Crippen LogP contribution in [0.15, 0.2) is 24.3 Å². The number of carboxylic acids is 1. The third-order valence-electron chi connectivity index (χ3n) is 6.07. The molecule has 0 unspecified atom stereocenters. The van der Waals surface area contributed by atoms with E-state index in [0.717, 1.165) is 26.2 Å². The van der Waals surface area contributed by atoms with Crippen LogP contribution >= 0.6 is 0 Å². The van der Waals surface area contributed by atoms with Crippen LogP contribution in [0.2, 0.25) is 0 Å². The van der Waals surface area contributed by atoms with Crippen molar-refractivity contribution in [2.45, 2.75) is 6.42 Å². The predicted octanol–water partition coefficient (Wildman–Crippen LogP) is 0.247. The van der Waals surface area contributed by atoms with Gasteiger partial charge in [0.2, 0.25) is 11.8 Å². The molecule has 32 heavy (non-hydrogen) atoms. The van der Waals surface area contributed by atoms with Gasteiger partial charge in [-0.2, -0.15) is 0 Å². The van der Waals surface area contributed by atoms with E-state index in [0.29, 0.717) is 38.4 Å². The first-order valence-electron chi connectivity index (χ1n) is 11.0.